The molecule has 4 rings (SSSR count). The normalized spacial score (nSPS) is 21.8. The van der Waals surface area contributed by atoms with Gasteiger partial charge in [0, 0.05) is 44.2 Å². The van der Waals surface area contributed by atoms with E-state index in [0.29, 0.717) is 29.0 Å². The third kappa shape index (κ3) is 3.84. The highest BCUT2D eigenvalue weighted by molar-refractivity contribution is 8.00. The average Bonchev–Trinajstić information content (AvgIpc) is 3.24. The van der Waals surface area contributed by atoms with Crippen molar-refractivity contribution in [2.24, 2.45) is 0 Å². The standard InChI is InChI=1S/C19H24ClN5O2S/c1-2-15-21-19-25(22-15)18(27)17(28-19)16(13-3-5-14(20)6-4-13)24-9-7-23(8-10-24)11-12-26/h3-6,16-17,26H,2,7-12H2,1H3. The Morgan fingerprint density at radius 1 is 1.25 bits per heavy atom. The van der Waals surface area contributed by atoms with Gasteiger partial charge in [0.2, 0.25) is 0 Å². The van der Waals surface area contributed by atoms with E-state index in [1.54, 1.807) is 0 Å². The molecule has 2 aliphatic heterocycles. The highest BCUT2D eigenvalue weighted by atomic mass is 35.5. The molecule has 7 nitrogen and oxygen atoms in total. The van der Waals surface area contributed by atoms with Crippen LogP contribution >= 0.6 is 23.4 Å². The Kier molecular flexibility index (Phi) is 6.03. The number of carbonyl (C=O) groups excluding carboxylic acids is 1. The number of fused-ring (bicyclic) bond motifs is 1. The molecule has 1 fully saturated rings. The first kappa shape index (κ1) is 19.8. The third-order valence-electron chi connectivity index (χ3n) is 5.34. The summed E-state index contributed by atoms with van der Waals surface area (Å²) in [6, 6.07) is 7.70. The van der Waals surface area contributed by atoms with Crippen molar-refractivity contribution in [3.8, 4) is 0 Å². The molecule has 2 aliphatic rings. The molecule has 1 saturated heterocycles. The Bertz CT molecular complexity index is 835. The second kappa shape index (κ2) is 8.51. The Morgan fingerprint density at radius 2 is 1.96 bits per heavy atom. The summed E-state index contributed by atoms with van der Waals surface area (Å²) < 4.78 is 1.47. The SMILES string of the molecule is CCc1nc2n(n1)C(=O)C(C(c1ccc(Cl)cc1)N1CCN(CCO)CC1)S2. The van der Waals surface area contributed by atoms with E-state index in [1.807, 2.05) is 31.2 Å². The van der Waals surface area contributed by atoms with Crippen molar-refractivity contribution < 1.29 is 9.90 Å². The molecule has 28 heavy (non-hydrogen) atoms. The highest BCUT2D eigenvalue weighted by Crippen LogP contribution is 2.41. The van der Waals surface area contributed by atoms with Gasteiger partial charge >= 0.3 is 0 Å². The van der Waals surface area contributed by atoms with Crippen LogP contribution in [0.15, 0.2) is 29.4 Å². The van der Waals surface area contributed by atoms with Gasteiger partial charge in [-0.3, -0.25) is 14.6 Å². The lowest BCUT2D eigenvalue weighted by Crippen LogP contribution is -2.50. The van der Waals surface area contributed by atoms with Gasteiger partial charge in [0.25, 0.3) is 5.91 Å². The number of β-amino-alcohol motifs (C(OH)–C–C–N with tert-alkyl or cyclic N) is 1. The van der Waals surface area contributed by atoms with Crippen LogP contribution in [0.1, 0.15) is 29.1 Å². The van der Waals surface area contributed by atoms with Crippen LogP contribution in [0.3, 0.4) is 0 Å². The summed E-state index contributed by atoms with van der Waals surface area (Å²) in [5.41, 5.74) is 1.08. The monoisotopic (exact) mass is 421 g/mol. The van der Waals surface area contributed by atoms with E-state index in [9.17, 15) is 9.90 Å². The quantitative estimate of drug-likeness (QED) is 0.764. The van der Waals surface area contributed by atoms with E-state index in [2.05, 4.69) is 19.9 Å². The van der Waals surface area contributed by atoms with Crippen LogP contribution in [0, 0.1) is 0 Å². The number of halogens is 1. The molecule has 2 aromatic rings. The van der Waals surface area contributed by atoms with Gasteiger partial charge in [-0.05, 0) is 17.7 Å². The summed E-state index contributed by atoms with van der Waals surface area (Å²) in [5.74, 6) is 0.694. The molecule has 2 atom stereocenters. The Labute approximate surface area is 173 Å². The second-order valence-corrected chi connectivity index (χ2v) is 8.60. The Hall–Kier alpha value is -1.45. The number of nitrogens with zero attached hydrogens (tertiary/aromatic N) is 5. The molecular weight excluding hydrogens is 398 g/mol. The summed E-state index contributed by atoms with van der Waals surface area (Å²) in [6.45, 7) is 6.28. The zero-order valence-electron chi connectivity index (χ0n) is 15.8. The topological polar surface area (TPSA) is 74.5 Å². The van der Waals surface area contributed by atoms with E-state index >= 15 is 0 Å². The van der Waals surface area contributed by atoms with Crippen LogP contribution in [-0.4, -0.2) is 80.2 Å². The van der Waals surface area contributed by atoms with Crippen molar-refractivity contribution in [3.05, 3.63) is 40.7 Å². The van der Waals surface area contributed by atoms with Crippen molar-refractivity contribution in [1.82, 2.24) is 24.6 Å². The summed E-state index contributed by atoms with van der Waals surface area (Å²) >= 11 is 7.60. The fourth-order valence-electron chi connectivity index (χ4n) is 3.84. The van der Waals surface area contributed by atoms with Crippen molar-refractivity contribution in [2.75, 3.05) is 39.3 Å². The summed E-state index contributed by atoms with van der Waals surface area (Å²) in [7, 11) is 0. The summed E-state index contributed by atoms with van der Waals surface area (Å²) in [6.07, 6.45) is 0.714. The first-order chi connectivity index (χ1) is 13.6. The molecule has 0 amide bonds. The lowest BCUT2D eigenvalue weighted by Gasteiger charge is -2.40. The van der Waals surface area contributed by atoms with Gasteiger partial charge in [0.15, 0.2) is 11.0 Å². The molecule has 0 radical (unpaired) electrons. The number of aryl methyl sites for hydroxylation is 1. The second-order valence-electron chi connectivity index (χ2n) is 7.05. The number of thioether (sulfide) groups is 1. The molecule has 0 saturated carbocycles. The number of hydrogen-bond acceptors (Lipinski definition) is 7. The van der Waals surface area contributed by atoms with Gasteiger partial charge in [0.05, 0.1) is 12.6 Å². The largest absolute Gasteiger partial charge is 0.395 e. The zero-order chi connectivity index (χ0) is 19.7. The number of aromatic nitrogens is 3. The number of rotatable bonds is 6. The Morgan fingerprint density at radius 3 is 2.57 bits per heavy atom. The third-order valence-corrected chi connectivity index (χ3v) is 6.78. The van der Waals surface area contributed by atoms with Gasteiger partial charge in [-0.2, -0.15) is 4.68 Å². The van der Waals surface area contributed by atoms with Crippen molar-refractivity contribution >= 4 is 29.3 Å². The number of hydrogen-bond donors (Lipinski definition) is 1. The molecule has 150 valence electrons. The lowest BCUT2D eigenvalue weighted by molar-refractivity contribution is 0.0688. The van der Waals surface area contributed by atoms with Crippen LogP contribution in [0.5, 0.6) is 0 Å². The maximum Gasteiger partial charge on any atom is 0.264 e. The molecule has 0 bridgehead atoms. The zero-order valence-corrected chi connectivity index (χ0v) is 17.4. The van der Waals surface area contributed by atoms with E-state index < -0.39 is 0 Å². The number of benzene rings is 1. The maximum atomic E-state index is 13.2. The van der Waals surface area contributed by atoms with Gasteiger partial charge in [-0.15, -0.1) is 5.10 Å². The average molecular weight is 422 g/mol. The van der Waals surface area contributed by atoms with Crippen LogP contribution in [0.4, 0.5) is 0 Å². The van der Waals surface area contributed by atoms with E-state index in [0.717, 1.165) is 31.7 Å². The minimum atomic E-state index is -0.286. The Balaban J connectivity index is 1.60. The lowest BCUT2D eigenvalue weighted by atomic mass is 10.00. The molecule has 0 aliphatic carbocycles. The number of aliphatic hydroxyl groups excluding tert-OH is 1. The number of aliphatic hydroxyl groups is 1. The molecule has 0 spiro atoms. The highest BCUT2D eigenvalue weighted by Gasteiger charge is 2.43. The molecule has 2 unspecified atom stereocenters. The molecule has 1 N–H and O–H groups in total. The van der Waals surface area contributed by atoms with Crippen molar-refractivity contribution in [3.63, 3.8) is 0 Å². The van der Waals surface area contributed by atoms with E-state index in [-0.39, 0.29) is 23.8 Å². The van der Waals surface area contributed by atoms with Crippen molar-refractivity contribution in [2.45, 2.75) is 29.8 Å². The molecule has 1 aromatic carbocycles. The van der Waals surface area contributed by atoms with E-state index in [1.165, 1.54) is 16.4 Å². The van der Waals surface area contributed by atoms with Crippen LogP contribution in [0.2, 0.25) is 5.02 Å². The maximum absolute atomic E-state index is 13.2. The van der Waals surface area contributed by atoms with Gasteiger partial charge in [-0.1, -0.05) is 42.4 Å². The van der Waals surface area contributed by atoms with Gasteiger partial charge < -0.3 is 5.11 Å². The molecule has 9 heteroatoms. The number of piperazine rings is 1. The fraction of sp³-hybridized carbons (Fsp3) is 0.526. The van der Waals surface area contributed by atoms with Gasteiger partial charge in [-0.25, -0.2) is 4.98 Å². The van der Waals surface area contributed by atoms with E-state index in [4.69, 9.17) is 11.6 Å². The minimum absolute atomic E-state index is 0.00932. The predicted octanol–water partition coefficient (Wildman–Crippen LogP) is 1.96. The predicted molar refractivity (Wildman–Crippen MR) is 109 cm³/mol. The minimum Gasteiger partial charge on any atom is -0.395 e. The molecular formula is C19H24ClN5O2S. The smallest absolute Gasteiger partial charge is 0.264 e. The first-order valence-corrected chi connectivity index (χ1v) is 10.9. The van der Waals surface area contributed by atoms with Crippen LogP contribution in [0.25, 0.3) is 0 Å². The van der Waals surface area contributed by atoms with Crippen LogP contribution < -0.4 is 0 Å². The van der Waals surface area contributed by atoms with Crippen LogP contribution in [-0.2, 0) is 6.42 Å². The van der Waals surface area contributed by atoms with Crippen molar-refractivity contribution in [1.29, 1.82) is 0 Å². The summed E-state index contributed by atoms with van der Waals surface area (Å²) in [5, 5.41) is 14.6. The first-order valence-electron chi connectivity index (χ1n) is 9.60. The fourth-order valence-corrected chi connectivity index (χ4v) is 5.24. The molecule has 3 heterocycles. The number of carbonyl (C=O) groups is 1. The summed E-state index contributed by atoms with van der Waals surface area (Å²) in [4.78, 5) is 22.3. The molecule has 1 aromatic heterocycles. The van der Waals surface area contributed by atoms with Gasteiger partial charge in [0.1, 0.15) is 5.25 Å².